The predicted octanol–water partition coefficient (Wildman–Crippen LogP) is 3.55. The van der Waals surface area contributed by atoms with Gasteiger partial charge in [-0.2, -0.15) is 0 Å². The van der Waals surface area contributed by atoms with Crippen LogP contribution in [0.25, 0.3) is 0 Å². The van der Waals surface area contributed by atoms with Crippen molar-refractivity contribution in [2.24, 2.45) is 0 Å². The third kappa shape index (κ3) is 4.55. The van der Waals surface area contributed by atoms with Crippen molar-refractivity contribution in [3.05, 3.63) is 59.1 Å². The number of nitrogens with one attached hydrogen (secondary N) is 1. The molecule has 0 aromatic heterocycles. The van der Waals surface area contributed by atoms with Crippen molar-refractivity contribution in [2.45, 2.75) is 32.4 Å². The third-order valence-electron chi connectivity index (χ3n) is 4.18. The van der Waals surface area contributed by atoms with Crippen molar-refractivity contribution in [2.75, 3.05) is 11.4 Å². The smallest absolute Gasteiger partial charge is 0.227 e. The Morgan fingerprint density at radius 1 is 1.19 bits per heavy atom. The maximum absolute atomic E-state index is 12.6. The summed E-state index contributed by atoms with van der Waals surface area (Å²) < 4.78 is 5.75. The molecule has 0 radical (unpaired) electrons. The predicted molar refractivity (Wildman–Crippen MR) is 101 cm³/mol. The van der Waals surface area contributed by atoms with E-state index in [2.05, 4.69) is 5.32 Å². The Kier molecular flexibility index (Phi) is 5.78. The van der Waals surface area contributed by atoms with Crippen molar-refractivity contribution in [1.29, 1.82) is 0 Å². The molecule has 5 nitrogen and oxygen atoms in total. The first-order chi connectivity index (χ1) is 12.5. The SMILES string of the molecule is CC1CN(C(=O)CCC(=O)NCc2ccccc2)c2cc(Cl)ccc2O1. The van der Waals surface area contributed by atoms with Gasteiger partial charge in [0.15, 0.2) is 0 Å². The van der Waals surface area contributed by atoms with Gasteiger partial charge in [-0.15, -0.1) is 0 Å². The Morgan fingerprint density at radius 3 is 2.73 bits per heavy atom. The van der Waals surface area contributed by atoms with E-state index in [-0.39, 0.29) is 30.8 Å². The van der Waals surface area contributed by atoms with Crippen LogP contribution >= 0.6 is 11.6 Å². The molecule has 0 fully saturated rings. The van der Waals surface area contributed by atoms with Gasteiger partial charge in [0.2, 0.25) is 11.8 Å². The molecule has 0 saturated carbocycles. The van der Waals surface area contributed by atoms with E-state index in [1.165, 1.54) is 0 Å². The third-order valence-corrected chi connectivity index (χ3v) is 4.41. The fourth-order valence-electron chi connectivity index (χ4n) is 2.89. The summed E-state index contributed by atoms with van der Waals surface area (Å²) in [6.45, 7) is 2.81. The zero-order valence-electron chi connectivity index (χ0n) is 14.6. The van der Waals surface area contributed by atoms with Crippen LogP contribution in [0.2, 0.25) is 5.02 Å². The van der Waals surface area contributed by atoms with Crippen LogP contribution in [0.1, 0.15) is 25.3 Å². The van der Waals surface area contributed by atoms with E-state index in [4.69, 9.17) is 16.3 Å². The molecular formula is C20H21ClN2O3. The molecule has 1 unspecified atom stereocenters. The molecule has 2 amide bonds. The van der Waals surface area contributed by atoms with E-state index in [9.17, 15) is 9.59 Å². The number of amides is 2. The summed E-state index contributed by atoms with van der Waals surface area (Å²) in [5.41, 5.74) is 1.68. The standard InChI is InChI=1S/C20H21ClN2O3/c1-14-13-23(17-11-16(21)7-8-18(17)26-14)20(25)10-9-19(24)22-12-15-5-3-2-4-6-15/h2-8,11,14H,9-10,12-13H2,1H3,(H,22,24). The van der Waals surface area contributed by atoms with Gasteiger partial charge in [0.25, 0.3) is 0 Å². The highest BCUT2D eigenvalue weighted by Crippen LogP contribution is 2.36. The molecule has 1 atom stereocenters. The van der Waals surface area contributed by atoms with Crippen LogP contribution in [0, 0.1) is 0 Å². The van der Waals surface area contributed by atoms with Crippen molar-refractivity contribution in [1.82, 2.24) is 5.32 Å². The molecule has 3 rings (SSSR count). The van der Waals surface area contributed by atoms with Crippen molar-refractivity contribution < 1.29 is 14.3 Å². The number of hydrogen-bond acceptors (Lipinski definition) is 3. The molecule has 1 N–H and O–H groups in total. The van der Waals surface area contributed by atoms with Gasteiger partial charge < -0.3 is 15.0 Å². The number of fused-ring (bicyclic) bond motifs is 1. The average Bonchev–Trinajstić information content (AvgIpc) is 2.65. The Hall–Kier alpha value is -2.53. The minimum Gasteiger partial charge on any atom is -0.487 e. The van der Waals surface area contributed by atoms with Gasteiger partial charge in [0.05, 0.1) is 12.2 Å². The molecule has 1 aliphatic heterocycles. The number of carbonyl (C=O) groups excluding carboxylic acids is 2. The van der Waals surface area contributed by atoms with E-state index in [0.717, 1.165) is 5.56 Å². The van der Waals surface area contributed by atoms with Crippen LogP contribution in [-0.4, -0.2) is 24.5 Å². The molecule has 26 heavy (non-hydrogen) atoms. The summed E-state index contributed by atoms with van der Waals surface area (Å²) >= 11 is 6.05. The summed E-state index contributed by atoms with van der Waals surface area (Å²) in [7, 11) is 0. The van der Waals surface area contributed by atoms with Crippen LogP contribution in [0.5, 0.6) is 5.75 Å². The lowest BCUT2D eigenvalue weighted by Gasteiger charge is -2.33. The van der Waals surface area contributed by atoms with Crippen LogP contribution in [0.3, 0.4) is 0 Å². The number of carbonyl (C=O) groups is 2. The molecule has 1 heterocycles. The summed E-state index contributed by atoms with van der Waals surface area (Å²) in [5, 5.41) is 3.38. The summed E-state index contributed by atoms with van der Waals surface area (Å²) in [6, 6.07) is 14.9. The monoisotopic (exact) mass is 372 g/mol. The summed E-state index contributed by atoms with van der Waals surface area (Å²) in [5.74, 6) is 0.378. The average molecular weight is 373 g/mol. The molecule has 136 valence electrons. The van der Waals surface area contributed by atoms with Gasteiger partial charge in [-0.3, -0.25) is 9.59 Å². The summed E-state index contributed by atoms with van der Waals surface area (Å²) in [4.78, 5) is 26.3. The highest BCUT2D eigenvalue weighted by molar-refractivity contribution is 6.31. The van der Waals surface area contributed by atoms with Crippen molar-refractivity contribution in [3.63, 3.8) is 0 Å². The fourth-order valence-corrected chi connectivity index (χ4v) is 3.05. The molecule has 0 bridgehead atoms. The van der Waals surface area contributed by atoms with E-state index in [1.54, 1.807) is 23.1 Å². The molecule has 2 aromatic carbocycles. The van der Waals surface area contributed by atoms with Crippen LogP contribution in [0.4, 0.5) is 5.69 Å². The lowest BCUT2D eigenvalue weighted by molar-refractivity contribution is -0.125. The first-order valence-electron chi connectivity index (χ1n) is 8.60. The number of halogens is 1. The van der Waals surface area contributed by atoms with Gasteiger partial charge in [0, 0.05) is 24.4 Å². The number of rotatable bonds is 5. The summed E-state index contributed by atoms with van der Waals surface area (Å²) in [6.07, 6.45) is 0.173. The number of hydrogen-bond donors (Lipinski definition) is 1. The number of nitrogens with zero attached hydrogens (tertiary/aromatic N) is 1. The van der Waals surface area contributed by atoms with Crippen LogP contribution in [-0.2, 0) is 16.1 Å². The van der Waals surface area contributed by atoms with Gasteiger partial charge in [-0.05, 0) is 30.7 Å². The second-order valence-electron chi connectivity index (χ2n) is 6.31. The van der Waals surface area contributed by atoms with E-state index in [1.807, 2.05) is 37.3 Å². The van der Waals surface area contributed by atoms with Gasteiger partial charge in [0.1, 0.15) is 11.9 Å². The second-order valence-corrected chi connectivity index (χ2v) is 6.74. The number of benzene rings is 2. The van der Waals surface area contributed by atoms with E-state index in [0.29, 0.717) is 29.5 Å². The molecule has 2 aromatic rings. The quantitative estimate of drug-likeness (QED) is 0.873. The Labute approximate surface area is 157 Å². The number of ether oxygens (including phenoxy) is 1. The minimum absolute atomic E-state index is 0.112. The first-order valence-corrected chi connectivity index (χ1v) is 8.98. The van der Waals surface area contributed by atoms with E-state index >= 15 is 0 Å². The topological polar surface area (TPSA) is 58.6 Å². The van der Waals surface area contributed by atoms with Gasteiger partial charge in [-0.1, -0.05) is 41.9 Å². The highest BCUT2D eigenvalue weighted by Gasteiger charge is 2.27. The first kappa shape index (κ1) is 18.3. The van der Waals surface area contributed by atoms with Gasteiger partial charge in [-0.25, -0.2) is 0 Å². The molecule has 1 aliphatic rings. The Morgan fingerprint density at radius 2 is 1.96 bits per heavy atom. The largest absolute Gasteiger partial charge is 0.487 e. The molecule has 0 saturated heterocycles. The minimum atomic E-state index is -0.144. The maximum Gasteiger partial charge on any atom is 0.227 e. The zero-order valence-corrected chi connectivity index (χ0v) is 15.3. The molecule has 6 heteroatoms. The van der Waals surface area contributed by atoms with Crippen LogP contribution in [0.15, 0.2) is 48.5 Å². The normalized spacial score (nSPS) is 15.8. The zero-order chi connectivity index (χ0) is 18.5. The highest BCUT2D eigenvalue weighted by atomic mass is 35.5. The van der Waals surface area contributed by atoms with Gasteiger partial charge >= 0.3 is 0 Å². The Balaban J connectivity index is 1.56. The molecule has 0 spiro atoms. The van der Waals surface area contributed by atoms with Crippen LogP contribution < -0.4 is 15.0 Å². The van der Waals surface area contributed by atoms with E-state index < -0.39 is 0 Å². The second kappa shape index (κ2) is 8.23. The fraction of sp³-hybridized carbons (Fsp3) is 0.300. The lowest BCUT2D eigenvalue weighted by atomic mass is 10.1. The maximum atomic E-state index is 12.6. The number of anilines is 1. The van der Waals surface area contributed by atoms with Crippen molar-refractivity contribution >= 4 is 29.1 Å². The van der Waals surface area contributed by atoms with Crippen molar-refractivity contribution in [3.8, 4) is 5.75 Å². The Bertz CT molecular complexity index is 795. The molecule has 0 aliphatic carbocycles. The lowest BCUT2D eigenvalue weighted by Crippen LogP contribution is -2.42. The molecular weight excluding hydrogens is 352 g/mol.